The summed E-state index contributed by atoms with van der Waals surface area (Å²) < 4.78 is 10.9. The topological polar surface area (TPSA) is 30.5 Å². The van der Waals surface area contributed by atoms with E-state index in [1.165, 1.54) is 5.56 Å². The molecule has 19 heavy (non-hydrogen) atoms. The summed E-state index contributed by atoms with van der Waals surface area (Å²) in [4.78, 5) is 0. The summed E-state index contributed by atoms with van der Waals surface area (Å²) >= 11 is 0. The molecule has 0 heterocycles. The van der Waals surface area contributed by atoms with E-state index in [0.717, 1.165) is 31.6 Å². The Balaban J connectivity index is 2.75. The quantitative estimate of drug-likeness (QED) is 0.656. The third kappa shape index (κ3) is 5.62. The van der Waals surface area contributed by atoms with Crippen LogP contribution in [-0.2, 0) is 4.74 Å². The van der Waals surface area contributed by atoms with Gasteiger partial charge in [0, 0.05) is 18.7 Å². The van der Waals surface area contributed by atoms with Crippen LogP contribution in [0.1, 0.15) is 44.7 Å². The molecule has 1 atom stereocenters. The molecule has 0 radical (unpaired) electrons. The number of hydrogen-bond donors (Lipinski definition) is 1. The number of methoxy groups -OCH3 is 1. The van der Waals surface area contributed by atoms with E-state index in [9.17, 15) is 0 Å². The zero-order valence-electron chi connectivity index (χ0n) is 12.4. The van der Waals surface area contributed by atoms with Crippen LogP contribution in [0.3, 0.4) is 0 Å². The number of benzene rings is 1. The molecule has 0 aliphatic heterocycles. The van der Waals surface area contributed by atoms with Crippen molar-refractivity contribution in [1.29, 1.82) is 0 Å². The van der Waals surface area contributed by atoms with Crippen LogP contribution >= 0.6 is 0 Å². The van der Waals surface area contributed by atoms with Gasteiger partial charge in [0.25, 0.3) is 0 Å². The van der Waals surface area contributed by atoms with Gasteiger partial charge in [-0.15, -0.1) is 0 Å². The normalized spacial score (nSPS) is 12.4. The van der Waals surface area contributed by atoms with Crippen LogP contribution in [0.2, 0.25) is 0 Å². The minimum atomic E-state index is 0.378. The van der Waals surface area contributed by atoms with Gasteiger partial charge in [-0.25, -0.2) is 0 Å². The maximum Gasteiger partial charge on any atom is 0.124 e. The molecule has 3 heteroatoms. The molecule has 1 aromatic carbocycles. The van der Waals surface area contributed by atoms with E-state index in [2.05, 4.69) is 31.3 Å². The first-order valence-electron chi connectivity index (χ1n) is 7.27. The molecule has 1 rings (SSSR count). The first kappa shape index (κ1) is 16.0. The van der Waals surface area contributed by atoms with Gasteiger partial charge in [-0.2, -0.15) is 0 Å². The van der Waals surface area contributed by atoms with Crippen LogP contribution in [0, 0.1) is 0 Å². The summed E-state index contributed by atoms with van der Waals surface area (Å²) in [6.07, 6.45) is 3.44. The zero-order valence-corrected chi connectivity index (χ0v) is 12.4. The Morgan fingerprint density at radius 1 is 1.11 bits per heavy atom. The van der Waals surface area contributed by atoms with Crippen molar-refractivity contribution >= 4 is 0 Å². The predicted octanol–water partition coefficient (Wildman–Crippen LogP) is 3.55. The Hall–Kier alpha value is -1.06. The van der Waals surface area contributed by atoms with E-state index in [0.29, 0.717) is 19.3 Å². The highest BCUT2D eigenvalue weighted by Crippen LogP contribution is 2.28. The fourth-order valence-electron chi connectivity index (χ4n) is 2.11. The third-order valence-electron chi connectivity index (χ3n) is 3.06. The SMILES string of the molecule is CCCNC(CCC)c1ccccc1OCCOC. The average molecular weight is 265 g/mol. The molecule has 0 aromatic heterocycles. The van der Waals surface area contributed by atoms with Crippen molar-refractivity contribution < 1.29 is 9.47 Å². The van der Waals surface area contributed by atoms with Gasteiger partial charge in [-0.3, -0.25) is 0 Å². The zero-order chi connectivity index (χ0) is 13.9. The van der Waals surface area contributed by atoms with Crippen molar-refractivity contribution in [2.24, 2.45) is 0 Å². The van der Waals surface area contributed by atoms with Crippen molar-refractivity contribution in [2.75, 3.05) is 26.9 Å². The van der Waals surface area contributed by atoms with Gasteiger partial charge in [-0.1, -0.05) is 38.5 Å². The molecular weight excluding hydrogens is 238 g/mol. The van der Waals surface area contributed by atoms with Crippen molar-refractivity contribution in [1.82, 2.24) is 5.32 Å². The molecule has 0 aliphatic rings. The highest BCUT2D eigenvalue weighted by atomic mass is 16.5. The molecule has 0 saturated carbocycles. The lowest BCUT2D eigenvalue weighted by Crippen LogP contribution is -2.22. The Labute approximate surface area is 117 Å². The Bertz CT molecular complexity index is 341. The molecule has 0 aliphatic carbocycles. The lowest BCUT2D eigenvalue weighted by atomic mass is 10.0. The molecule has 0 fully saturated rings. The summed E-state index contributed by atoms with van der Waals surface area (Å²) in [5.74, 6) is 0.974. The summed E-state index contributed by atoms with van der Waals surface area (Å²) in [5.41, 5.74) is 1.26. The molecule has 0 spiro atoms. The van der Waals surface area contributed by atoms with E-state index >= 15 is 0 Å². The molecule has 1 unspecified atom stereocenters. The van der Waals surface area contributed by atoms with Crippen LogP contribution in [-0.4, -0.2) is 26.9 Å². The minimum absolute atomic E-state index is 0.378. The second-order valence-electron chi connectivity index (χ2n) is 4.67. The summed E-state index contributed by atoms with van der Waals surface area (Å²) in [6.45, 7) is 6.67. The van der Waals surface area contributed by atoms with Crippen LogP contribution in [0.25, 0.3) is 0 Å². The maximum atomic E-state index is 5.82. The van der Waals surface area contributed by atoms with Gasteiger partial charge in [0.1, 0.15) is 12.4 Å². The lowest BCUT2D eigenvalue weighted by Gasteiger charge is -2.21. The van der Waals surface area contributed by atoms with Crippen LogP contribution < -0.4 is 10.1 Å². The maximum absolute atomic E-state index is 5.82. The molecule has 0 amide bonds. The van der Waals surface area contributed by atoms with Crippen molar-refractivity contribution in [3.8, 4) is 5.75 Å². The molecule has 108 valence electrons. The average Bonchev–Trinajstić information content (AvgIpc) is 2.44. The van der Waals surface area contributed by atoms with Crippen LogP contribution in [0.15, 0.2) is 24.3 Å². The number of hydrogen-bond acceptors (Lipinski definition) is 3. The van der Waals surface area contributed by atoms with Crippen molar-refractivity contribution in [2.45, 2.75) is 39.2 Å². The van der Waals surface area contributed by atoms with E-state index in [1.54, 1.807) is 7.11 Å². The largest absolute Gasteiger partial charge is 0.491 e. The smallest absolute Gasteiger partial charge is 0.124 e. The number of ether oxygens (including phenoxy) is 2. The highest BCUT2D eigenvalue weighted by molar-refractivity contribution is 5.36. The van der Waals surface area contributed by atoms with Gasteiger partial charge in [-0.05, 0) is 25.5 Å². The number of rotatable bonds is 10. The second-order valence-corrected chi connectivity index (χ2v) is 4.67. The lowest BCUT2D eigenvalue weighted by molar-refractivity contribution is 0.145. The Kier molecular flexibility index (Phi) is 8.26. The van der Waals surface area contributed by atoms with E-state index in [4.69, 9.17) is 9.47 Å². The minimum Gasteiger partial charge on any atom is -0.491 e. The number of para-hydroxylation sites is 1. The molecule has 0 bridgehead atoms. The van der Waals surface area contributed by atoms with Gasteiger partial charge < -0.3 is 14.8 Å². The molecule has 0 saturated heterocycles. The highest BCUT2D eigenvalue weighted by Gasteiger charge is 2.14. The van der Waals surface area contributed by atoms with Gasteiger partial charge >= 0.3 is 0 Å². The van der Waals surface area contributed by atoms with E-state index < -0.39 is 0 Å². The monoisotopic (exact) mass is 265 g/mol. The third-order valence-corrected chi connectivity index (χ3v) is 3.06. The predicted molar refractivity (Wildman–Crippen MR) is 79.8 cm³/mol. The fraction of sp³-hybridized carbons (Fsp3) is 0.625. The van der Waals surface area contributed by atoms with Crippen molar-refractivity contribution in [3.05, 3.63) is 29.8 Å². The van der Waals surface area contributed by atoms with Gasteiger partial charge in [0.2, 0.25) is 0 Å². The first-order valence-corrected chi connectivity index (χ1v) is 7.27. The van der Waals surface area contributed by atoms with Gasteiger partial charge in [0.05, 0.1) is 6.61 Å². The standard InChI is InChI=1S/C16H27NO2/c1-4-8-15(17-11-5-2)14-9-6-7-10-16(14)19-13-12-18-3/h6-7,9-10,15,17H,4-5,8,11-13H2,1-3H3. The van der Waals surface area contributed by atoms with E-state index in [-0.39, 0.29) is 0 Å². The van der Waals surface area contributed by atoms with Crippen LogP contribution in [0.5, 0.6) is 5.75 Å². The van der Waals surface area contributed by atoms with Gasteiger partial charge in [0.15, 0.2) is 0 Å². The Morgan fingerprint density at radius 2 is 1.89 bits per heavy atom. The molecule has 1 N–H and O–H groups in total. The second kappa shape index (κ2) is 9.82. The summed E-state index contributed by atoms with van der Waals surface area (Å²) in [5, 5.41) is 3.61. The molecule has 1 aromatic rings. The first-order chi connectivity index (χ1) is 9.33. The molecular formula is C16H27NO2. The molecule has 3 nitrogen and oxygen atoms in total. The summed E-state index contributed by atoms with van der Waals surface area (Å²) in [6, 6.07) is 8.68. The number of nitrogens with one attached hydrogen (secondary N) is 1. The van der Waals surface area contributed by atoms with E-state index in [1.807, 2.05) is 12.1 Å². The summed E-state index contributed by atoms with van der Waals surface area (Å²) in [7, 11) is 1.69. The van der Waals surface area contributed by atoms with Crippen molar-refractivity contribution in [3.63, 3.8) is 0 Å². The van der Waals surface area contributed by atoms with Crippen LogP contribution in [0.4, 0.5) is 0 Å². The Morgan fingerprint density at radius 3 is 2.58 bits per heavy atom. The fourth-order valence-corrected chi connectivity index (χ4v) is 2.11.